The van der Waals surface area contributed by atoms with Crippen molar-refractivity contribution in [2.24, 2.45) is 0 Å². The molecule has 11 heavy (non-hydrogen) atoms. The lowest BCUT2D eigenvalue weighted by Crippen LogP contribution is -2.15. The van der Waals surface area contributed by atoms with Gasteiger partial charge in [-0.25, -0.2) is 9.97 Å². The van der Waals surface area contributed by atoms with E-state index < -0.39 is 0 Å². The van der Waals surface area contributed by atoms with Crippen molar-refractivity contribution in [2.45, 2.75) is 18.6 Å². The van der Waals surface area contributed by atoms with Crippen LogP contribution < -0.4 is 0 Å². The SMILES string of the molecule is CSC(C)(C)c1ncccn1. The molecule has 1 rings (SSSR count). The van der Waals surface area contributed by atoms with Gasteiger partial charge in [0.15, 0.2) is 0 Å². The molecule has 1 heterocycles. The lowest BCUT2D eigenvalue weighted by Gasteiger charge is -2.18. The topological polar surface area (TPSA) is 25.8 Å². The van der Waals surface area contributed by atoms with Crippen molar-refractivity contribution < 1.29 is 0 Å². The fraction of sp³-hybridized carbons (Fsp3) is 0.500. The first kappa shape index (κ1) is 8.53. The van der Waals surface area contributed by atoms with E-state index in [4.69, 9.17) is 0 Å². The summed E-state index contributed by atoms with van der Waals surface area (Å²) in [6.45, 7) is 4.24. The Kier molecular flexibility index (Phi) is 2.49. The van der Waals surface area contributed by atoms with Gasteiger partial charge in [-0.2, -0.15) is 11.8 Å². The lowest BCUT2D eigenvalue weighted by molar-refractivity contribution is 0.709. The molecule has 0 amide bonds. The Morgan fingerprint density at radius 2 is 1.82 bits per heavy atom. The zero-order valence-corrected chi connectivity index (χ0v) is 7.85. The van der Waals surface area contributed by atoms with Crippen molar-refractivity contribution in [3.63, 3.8) is 0 Å². The summed E-state index contributed by atoms with van der Waals surface area (Å²) in [5.41, 5.74) is 0. The number of hydrogen-bond donors (Lipinski definition) is 0. The number of nitrogens with zero attached hydrogens (tertiary/aromatic N) is 2. The van der Waals surface area contributed by atoms with Crippen LogP contribution in [-0.2, 0) is 4.75 Å². The Morgan fingerprint density at radius 1 is 1.27 bits per heavy atom. The summed E-state index contributed by atoms with van der Waals surface area (Å²) in [4.78, 5) is 8.38. The second-order valence-electron chi connectivity index (χ2n) is 2.79. The quantitative estimate of drug-likeness (QED) is 0.676. The number of rotatable bonds is 2. The third kappa shape index (κ3) is 1.93. The summed E-state index contributed by atoms with van der Waals surface area (Å²) in [6.07, 6.45) is 5.62. The largest absolute Gasteiger partial charge is 0.240 e. The summed E-state index contributed by atoms with van der Waals surface area (Å²) < 4.78 is 0.0290. The highest BCUT2D eigenvalue weighted by Crippen LogP contribution is 2.29. The van der Waals surface area contributed by atoms with E-state index in [2.05, 4.69) is 30.1 Å². The van der Waals surface area contributed by atoms with E-state index in [9.17, 15) is 0 Å². The Morgan fingerprint density at radius 3 is 2.27 bits per heavy atom. The van der Waals surface area contributed by atoms with Crippen LogP contribution in [0.3, 0.4) is 0 Å². The van der Waals surface area contributed by atoms with E-state index in [1.165, 1.54) is 0 Å². The number of hydrogen-bond acceptors (Lipinski definition) is 3. The van der Waals surface area contributed by atoms with Gasteiger partial charge in [-0.15, -0.1) is 0 Å². The van der Waals surface area contributed by atoms with Gasteiger partial charge in [0, 0.05) is 12.4 Å². The first-order valence-corrected chi connectivity index (χ1v) is 4.72. The molecule has 0 aliphatic rings. The molecule has 0 saturated heterocycles. The zero-order valence-electron chi connectivity index (χ0n) is 7.03. The fourth-order valence-electron chi connectivity index (χ4n) is 0.701. The molecule has 0 radical (unpaired) electrons. The normalized spacial score (nSPS) is 11.5. The molecule has 0 unspecified atom stereocenters. The Labute approximate surface area is 71.5 Å². The fourth-order valence-corrected chi connectivity index (χ4v) is 0.989. The molecule has 60 valence electrons. The van der Waals surface area contributed by atoms with Crippen LogP contribution in [0, 0.1) is 0 Å². The Hall–Kier alpha value is -0.570. The van der Waals surface area contributed by atoms with Crippen LogP contribution in [-0.4, -0.2) is 16.2 Å². The van der Waals surface area contributed by atoms with Crippen molar-refractivity contribution in [1.29, 1.82) is 0 Å². The average molecular weight is 168 g/mol. The predicted octanol–water partition coefficient (Wildman–Crippen LogP) is 2.07. The maximum absolute atomic E-state index is 4.19. The molecule has 0 aliphatic carbocycles. The molecule has 0 aromatic carbocycles. The van der Waals surface area contributed by atoms with E-state index in [0.717, 1.165) is 5.82 Å². The number of aromatic nitrogens is 2. The molecule has 1 aromatic heterocycles. The molecule has 0 N–H and O–H groups in total. The summed E-state index contributed by atoms with van der Waals surface area (Å²) in [5.74, 6) is 0.896. The Bertz CT molecular complexity index is 221. The Balaban J connectivity index is 2.93. The highest BCUT2D eigenvalue weighted by Gasteiger charge is 2.21. The van der Waals surface area contributed by atoms with E-state index in [1.807, 2.05) is 6.07 Å². The van der Waals surface area contributed by atoms with Crippen LogP contribution in [0.5, 0.6) is 0 Å². The van der Waals surface area contributed by atoms with E-state index >= 15 is 0 Å². The standard InChI is InChI=1S/C8H12N2S/c1-8(2,11-3)7-9-5-4-6-10-7/h4-6H,1-3H3. The third-order valence-electron chi connectivity index (χ3n) is 1.61. The molecule has 0 saturated carbocycles. The first-order chi connectivity index (χ1) is 5.17. The van der Waals surface area contributed by atoms with Gasteiger partial charge in [-0.05, 0) is 26.2 Å². The van der Waals surface area contributed by atoms with E-state index in [-0.39, 0.29) is 4.75 Å². The average Bonchev–Trinajstić information content (AvgIpc) is 2.06. The summed E-state index contributed by atoms with van der Waals surface area (Å²) in [6, 6.07) is 1.83. The molecule has 0 fully saturated rings. The van der Waals surface area contributed by atoms with Crippen molar-refractivity contribution in [3.05, 3.63) is 24.3 Å². The van der Waals surface area contributed by atoms with Gasteiger partial charge in [0.1, 0.15) is 5.82 Å². The van der Waals surface area contributed by atoms with Crippen LogP contribution >= 0.6 is 11.8 Å². The molecule has 2 nitrogen and oxygen atoms in total. The smallest absolute Gasteiger partial charge is 0.143 e. The van der Waals surface area contributed by atoms with E-state index in [1.54, 1.807) is 24.2 Å². The van der Waals surface area contributed by atoms with E-state index in [0.29, 0.717) is 0 Å². The van der Waals surface area contributed by atoms with Gasteiger partial charge < -0.3 is 0 Å². The molecule has 0 bridgehead atoms. The van der Waals surface area contributed by atoms with Crippen LogP contribution in [0.4, 0.5) is 0 Å². The van der Waals surface area contributed by atoms with Crippen molar-refractivity contribution in [2.75, 3.05) is 6.26 Å². The maximum atomic E-state index is 4.19. The molecule has 0 spiro atoms. The molecular formula is C8H12N2S. The van der Waals surface area contributed by atoms with Gasteiger partial charge in [0.05, 0.1) is 4.75 Å². The second-order valence-corrected chi connectivity index (χ2v) is 4.22. The summed E-state index contributed by atoms with van der Waals surface area (Å²) in [7, 11) is 0. The van der Waals surface area contributed by atoms with Crippen LogP contribution in [0.1, 0.15) is 19.7 Å². The minimum atomic E-state index is 0.0290. The maximum Gasteiger partial charge on any atom is 0.143 e. The van der Waals surface area contributed by atoms with Crippen molar-refractivity contribution >= 4 is 11.8 Å². The predicted molar refractivity (Wildman–Crippen MR) is 48.6 cm³/mol. The van der Waals surface area contributed by atoms with Crippen LogP contribution in [0.25, 0.3) is 0 Å². The van der Waals surface area contributed by atoms with Crippen molar-refractivity contribution in [3.8, 4) is 0 Å². The van der Waals surface area contributed by atoms with Crippen LogP contribution in [0.15, 0.2) is 18.5 Å². The van der Waals surface area contributed by atoms with Gasteiger partial charge in [0.2, 0.25) is 0 Å². The van der Waals surface area contributed by atoms with Gasteiger partial charge >= 0.3 is 0 Å². The molecule has 3 heteroatoms. The molecule has 1 aromatic rings. The first-order valence-electron chi connectivity index (χ1n) is 3.49. The molecular weight excluding hydrogens is 156 g/mol. The van der Waals surface area contributed by atoms with Gasteiger partial charge in [0.25, 0.3) is 0 Å². The molecule has 0 aliphatic heterocycles. The lowest BCUT2D eigenvalue weighted by atomic mass is 10.2. The minimum absolute atomic E-state index is 0.0290. The van der Waals surface area contributed by atoms with Crippen molar-refractivity contribution in [1.82, 2.24) is 9.97 Å². The summed E-state index contributed by atoms with van der Waals surface area (Å²) >= 11 is 1.76. The number of thioether (sulfide) groups is 1. The second kappa shape index (κ2) is 3.22. The van der Waals surface area contributed by atoms with Crippen LogP contribution in [0.2, 0.25) is 0 Å². The van der Waals surface area contributed by atoms with Gasteiger partial charge in [-0.3, -0.25) is 0 Å². The van der Waals surface area contributed by atoms with Gasteiger partial charge in [-0.1, -0.05) is 0 Å². The highest BCUT2D eigenvalue weighted by atomic mass is 32.2. The monoisotopic (exact) mass is 168 g/mol. The zero-order chi connectivity index (χ0) is 8.32. The third-order valence-corrected chi connectivity index (χ3v) is 2.82. The minimum Gasteiger partial charge on any atom is -0.240 e. The molecule has 0 atom stereocenters. The highest BCUT2D eigenvalue weighted by molar-refractivity contribution is 7.99. The summed E-state index contributed by atoms with van der Waals surface area (Å²) in [5, 5.41) is 0.